The minimum Gasteiger partial charge on any atom is -0.299 e. The van der Waals surface area contributed by atoms with Crippen molar-refractivity contribution in [2.45, 2.75) is 24.3 Å². The Hall–Kier alpha value is -0.970. The summed E-state index contributed by atoms with van der Waals surface area (Å²) in [6.07, 6.45) is 6.17. The van der Waals surface area contributed by atoms with E-state index in [1.165, 1.54) is 31.5 Å². The zero-order valence-corrected chi connectivity index (χ0v) is 17.3. The number of likely N-dealkylation sites (tertiary alicyclic amines) is 1. The van der Waals surface area contributed by atoms with Crippen molar-refractivity contribution in [2.75, 3.05) is 13.1 Å². The van der Waals surface area contributed by atoms with Gasteiger partial charge in [-0.3, -0.25) is 9.88 Å². The zero-order valence-electron chi connectivity index (χ0n) is 14.1. The molecule has 0 unspecified atom stereocenters. The SMILES string of the molecule is Clc1cc(Cl)cc(CN2CCCC2)c1.Sc1cc2ccncc2cc1Cl. The van der Waals surface area contributed by atoms with Crippen LogP contribution in [0.5, 0.6) is 0 Å². The van der Waals surface area contributed by atoms with E-state index < -0.39 is 0 Å². The van der Waals surface area contributed by atoms with E-state index in [1.54, 1.807) is 18.5 Å². The molecule has 1 fully saturated rings. The lowest BCUT2D eigenvalue weighted by atomic mass is 10.2. The molecule has 0 bridgehead atoms. The monoisotopic (exact) mass is 424 g/mol. The fourth-order valence-electron chi connectivity index (χ4n) is 3.00. The van der Waals surface area contributed by atoms with Gasteiger partial charge in [0.1, 0.15) is 0 Å². The largest absolute Gasteiger partial charge is 0.299 e. The van der Waals surface area contributed by atoms with Gasteiger partial charge in [0.05, 0.1) is 5.02 Å². The molecule has 0 atom stereocenters. The highest BCUT2D eigenvalue weighted by molar-refractivity contribution is 7.80. The van der Waals surface area contributed by atoms with Crippen molar-refractivity contribution >= 4 is 58.2 Å². The lowest BCUT2D eigenvalue weighted by molar-refractivity contribution is 0.331. The molecule has 1 aliphatic rings. The molecular weight excluding hydrogens is 407 g/mol. The summed E-state index contributed by atoms with van der Waals surface area (Å²) in [5.41, 5.74) is 1.21. The van der Waals surface area contributed by atoms with E-state index in [1.807, 2.05) is 30.3 Å². The molecule has 0 N–H and O–H groups in total. The summed E-state index contributed by atoms with van der Waals surface area (Å²) in [6.45, 7) is 3.37. The minimum atomic E-state index is 0.666. The summed E-state index contributed by atoms with van der Waals surface area (Å²) in [4.78, 5) is 7.23. The van der Waals surface area contributed by atoms with Crippen molar-refractivity contribution < 1.29 is 0 Å². The predicted molar refractivity (Wildman–Crippen MR) is 115 cm³/mol. The Bertz CT molecular complexity index is 835. The molecule has 3 aromatic rings. The Labute approximate surface area is 174 Å². The third-order valence-corrected chi connectivity index (χ3v) is 5.48. The van der Waals surface area contributed by atoms with Crippen LogP contribution in [0.3, 0.4) is 0 Å². The summed E-state index contributed by atoms with van der Waals surface area (Å²) in [5.74, 6) is 0. The van der Waals surface area contributed by atoms with Crippen LogP contribution in [0.2, 0.25) is 15.1 Å². The minimum absolute atomic E-state index is 0.666. The highest BCUT2D eigenvalue weighted by Crippen LogP contribution is 2.25. The van der Waals surface area contributed by atoms with Gasteiger partial charge in [0.15, 0.2) is 0 Å². The van der Waals surface area contributed by atoms with Crippen LogP contribution in [0, 0.1) is 0 Å². The van der Waals surface area contributed by atoms with E-state index in [-0.39, 0.29) is 0 Å². The Morgan fingerprint density at radius 2 is 1.62 bits per heavy atom. The lowest BCUT2D eigenvalue weighted by Crippen LogP contribution is -2.18. The number of aromatic nitrogens is 1. The van der Waals surface area contributed by atoms with Crippen molar-refractivity contribution in [1.29, 1.82) is 0 Å². The van der Waals surface area contributed by atoms with Crippen LogP contribution in [0.15, 0.2) is 53.7 Å². The standard InChI is InChI=1S/C11H13Cl2N.C9H6ClNS/c12-10-5-9(6-11(13)7-10)8-14-3-1-2-4-14;10-8-3-7-5-11-2-1-6(7)4-9(8)12/h5-7H,1-4,8H2;1-5,12H. The first kappa shape index (κ1) is 19.8. The number of hydrogen-bond acceptors (Lipinski definition) is 3. The van der Waals surface area contributed by atoms with Crippen LogP contribution in [0.4, 0.5) is 0 Å². The molecule has 0 spiro atoms. The van der Waals surface area contributed by atoms with Crippen molar-refractivity contribution in [3.8, 4) is 0 Å². The first-order valence-electron chi connectivity index (χ1n) is 8.41. The van der Waals surface area contributed by atoms with Gasteiger partial charge in [0.25, 0.3) is 0 Å². The zero-order chi connectivity index (χ0) is 18.5. The summed E-state index contributed by atoms with van der Waals surface area (Å²) in [7, 11) is 0. The van der Waals surface area contributed by atoms with Gasteiger partial charge in [-0.25, -0.2) is 0 Å². The Morgan fingerprint density at radius 3 is 2.31 bits per heavy atom. The van der Waals surface area contributed by atoms with Crippen LogP contribution in [0.1, 0.15) is 18.4 Å². The normalized spacial score (nSPS) is 14.3. The molecule has 0 saturated carbocycles. The van der Waals surface area contributed by atoms with Gasteiger partial charge in [0, 0.05) is 39.3 Å². The molecule has 4 rings (SSSR count). The number of pyridine rings is 1. The smallest absolute Gasteiger partial charge is 0.0546 e. The highest BCUT2D eigenvalue weighted by Gasteiger charge is 2.12. The van der Waals surface area contributed by atoms with Crippen LogP contribution in [-0.4, -0.2) is 23.0 Å². The lowest BCUT2D eigenvalue weighted by Gasteiger charge is -2.14. The average Bonchev–Trinajstić information content (AvgIpc) is 3.08. The van der Waals surface area contributed by atoms with Crippen molar-refractivity contribution in [3.63, 3.8) is 0 Å². The molecule has 0 aliphatic carbocycles. The van der Waals surface area contributed by atoms with Gasteiger partial charge < -0.3 is 0 Å². The van der Waals surface area contributed by atoms with Crippen LogP contribution in [0.25, 0.3) is 10.8 Å². The maximum absolute atomic E-state index is 5.93. The summed E-state index contributed by atoms with van der Waals surface area (Å²) < 4.78 is 0. The number of hydrogen-bond donors (Lipinski definition) is 1. The fourth-order valence-corrected chi connectivity index (χ4v) is 3.94. The first-order valence-corrected chi connectivity index (χ1v) is 9.99. The molecular formula is C20H19Cl3N2S. The first-order chi connectivity index (χ1) is 12.5. The fraction of sp³-hybridized carbons (Fsp3) is 0.250. The van der Waals surface area contributed by atoms with Gasteiger partial charge in [-0.1, -0.05) is 34.8 Å². The predicted octanol–water partition coefficient (Wildman–Crippen LogP) is 6.77. The third kappa shape index (κ3) is 5.51. The van der Waals surface area contributed by atoms with Crippen LogP contribution < -0.4 is 0 Å². The molecule has 1 aliphatic heterocycles. The quantitative estimate of drug-likeness (QED) is 0.456. The number of rotatable bonds is 2. The molecule has 1 aromatic heterocycles. The second kappa shape index (κ2) is 9.29. The number of fused-ring (bicyclic) bond motifs is 1. The van der Waals surface area contributed by atoms with Gasteiger partial charge in [-0.15, -0.1) is 12.6 Å². The summed E-state index contributed by atoms with van der Waals surface area (Å²) in [6, 6.07) is 11.5. The van der Waals surface area contributed by atoms with E-state index in [9.17, 15) is 0 Å². The maximum atomic E-state index is 5.93. The second-order valence-electron chi connectivity index (χ2n) is 6.29. The molecule has 1 saturated heterocycles. The van der Waals surface area contributed by atoms with Gasteiger partial charge in [-0.2, -0.15) is 0 Å². The molecule has 0 amide bonds. The topological polar surface area (TPSA) is 16.1 Å². The van der Waals surface area contributed by atoms with Crippen molar-refractivity contribution in [1.82, 2.24) is 9.88 Å². The van der Waals surface area contributed by atoms with Crippen LogP contribution >= 0.6 is 47.4 Å². The summed E-state index contributed by atoms with van der Waals surface area (Å²) in [5, 5.41) is 4.27. The Kier molecular flexibility index (Phi) is 7.07. The third-order valence-electron chi connectivity index (χ3n) is 4.23. The van der Waals surface area contributed by atoms with E-state index in [4.69, 9.17) is 34.8 Å². The molecule has 2 heterocycles. The summed E-state index contributed by atoms with van der Waals surface area (Å²) >= 11 is 22.0. The van der Waals surface area contributed by atoms with Gasteiger partial charge in [0.2, 0.25) is 0 Å². The number of nitrogens with zero attached hydrogens (tertiary/aromatic N) is 2. The number of benzene rings is 2. The van der Waals surface area contributed by atoms with Crippen molar-refractivity contribution in [2.24, 2.45) is 0 Å². The molecule has 6 heteroatoms. The van der Waals surface area contributed by atoms with E-state index in [0.717, 1.165) is 32.3 Å². The molecule has 2 nitrogen and oxygen atoms in total. The number of thiol groups is 1. The maximum Gasteiger partial charge on any atom is 0.0546 e. The van der Waals surface area contributed by atoms with Gasteiger partial charge >= 0.3 is 0 Å². The Morgan fingerprint density at radius 1 is 0.923 bits per heavy atom. The molecule has 2 aromatic carbocycles. The highest BCUT2D eigenvalue weighted by atomic mass is 35.5. The van der Waals surface area contributed by atoms with Crippen LogP contribution in [-0.2, 0) is 6.54 Å². The van der Waals surface area contributed by atoms with E-state index in [2.05, 4.69) is 22.5 Å². The average molecular weight is 426 g/mol. The number of halogens is 3. The van der Waals surface area contributed by atoms with Crippen molar-refractivity contribution in [3.05, 3.63) is 69.4 Å². The second-order valence-corrected chi connectivity index (χ2v) is 8.05. The Balaban J connectivity index is 0.000000152. The van der Waals surface area contributed by atoms with Gasteiger partial charge in [-0.05, 0) is 73.3 Å². The molecule has 0 radical (unpaired) electrons. The van der Waals surface area contributed by atoms with E-state index >= 15 is 0 Å². The van der Waals surface area contributed by atoms with E-state index in [0.29, 0.717) is 5.02 Å². The molecule has 26 heavy (non-hydrogen) atoms. The molecule has 136 valence electrons.